The zero-order chi connectivity index (χ0) is 13.2. The molecule has 6 heteroatoms. The highest BCUT2D eigenvalue weighted by atomic mass is 16.7. The van der Waals surface area contributed by atoms with Crippen LogP contribution in [-0.4, -0.2) is 42.7 Å². The highest BCUT2D eigenvalue weighted by Gasteiger charge is 2.45. The molecule has 0 aromatic rings. The van der Waals surface area contributed by atoms with Crippen LogP contribution in [0.15, 0.2) is 0 Å². The molecule has 1 N–H and O–H groups in total. The van der Waals surface area contributed by atoms with E-state index in [4.69, 9.17) is 9.47 Å². The summed E-state index contributed by atoms with van der Waals surface area (Å²) >= 11 is 0. The minimum absolute atomic E-state index is 0.202. The molecule has 1 fully saturated rings. The maximum atomic E-state index is 11.4. The first-order valence-corrected chi connectivity index (χ1v) is 5.47. The van der Waals surface area contributed by atoms with E-state index in [9.17, 15) is 14.7 Å². The number of esters is 2. The van der Waals surface area contributed by atoms with Crippen molar-refractivity contribution in [2.45, 2.75) is 39.3 Å². The summed E-state index contributed by atoms with van der Waals surface area (Å²) in [7, 11) is 1.26. The number of hydrogen-bond donors (Lipinski definition) is 1. The number of ether oxygens (including phenoxy) is 3. The van der Waals surface area contributed by atoms with E-state index < -0.39 is 30.4 Å². The second-order valence-corrected chi connectivity index (χ2v) is 4.26. The Kier molecular flexibility index (Phi) is 4.47. The summed E-state index contributed by atoms with van der Waals surface area (Å²) in [5.41, 5.74) is 0. The average Bonchev–Trinajstić information content (AvgIpc) is 2.28. The number of hydrogen-bond acceptors (Lipinski definition) is 6. The molecule has 17 heavy (non-hydrogen) atoms. The Bertz CT molecular complexity index is 302. The van der Waals surface area contributed by atoms with E-state index in [1.807, 2.05) is 0 Å². The summed E-state index contributed by atoms with van der Waals surface area (Å²) in [6.45, 7) is 4.84. The number of carbonyl (C=O) groups excluding carboxylic acids is 2. The molecule has 1 saturated heterocycles. The molecule has 0 spiro atoms. The van der Waals surface area contributed by atoms with Gasteiger partial charge in [-0.15, -0.1) is 0 Å². The third kappa shape index (κ3) is 2.95. The largest absolute Gasteiger partial charge is 0.467 e. The lowest BCUT2D eigenvalue weighted by molar-refractivity contribution is -0.258. The Labute approximate surface area is 99.8 Å². The quantitative estimate of drug-likeness (QED) is 0.695. The average molecular weight is 246 g/mol. The van der Waals surface area contributed by atoms with Crippen LogP contribution < -0.4 is 0 Å². The number of aliphatic hydroxyl groups excluding tert-OH is 1. The van der Waals surface area contributed by atoms with Crippen molar-refractivity contribution in [3.63, 3.8) is 0 Å². The van der Waals surface area contributed by atoms with Gasteiger partial charge in [0.2, 0.25) is 0 Å². The van der Waals surface area contributed by atoms with Crippen LogP contribution in [0, 0.1) is 11.8 Å². The van der Waals surface area contributed by atoms with Crippen LogP contribution >= 0.6 is 0 Å². The van der Waals surface area contributed by atoms with Gasteiger partial charge in [-0.25, -0.2) is 4.79 Å². The molecule has 0 bridgehead atoms. The van der Waals surface area contributed by atoms with Gasteiger partial charge in [0, 0.05) is 12.8 Å². The normalized spacial score (nSPS) is 37.4. The first-order chi connectivity index (χ1) is 7.88. The molecule has 1 aliphatic heterocycles. The van der Waals surface area contributed by atoms with Crippen LogP contribution in [0.3, 0.4) is 0 Å². The van der Waals surface area contributed by atoms with Gasteiger partial charge in [0.05, 0.1) is 7.11 Å². The van der Waals surface area contributed by atoms with E-state index in [2.05, 4.69) is 4.74 Å². The van der Waals surface area contributed by atoms with Crippen molar-refractivity contribution in [1.29, 1.82) is 0 Å². The van der Waals surface area contributed by atoms with Crippen molar-refractivity contribution < 1.29 is 28.9 Å². The molecule has 98 valence electrons. The Morgan fingerprint density at radius 3 is 2.29 bits per heavy atom. The lowest BCUT2D eigenvalue weighted by Gasteiger charge is -2.40. The Balaban J connectivity index is 2.79. The third-order valence-electron chi connectivity index (χ3n) is 3.13. The van der Waals surface area contributed by atoms with E-state index in [1.165, 1.54) is 14.0 Å². The van der Waals surface area contributed by atoms with E-state index >= 15 is 0 Å². The highest BCUT2D eigenvalue weighted by Crippen LogP contribution is 2.32. The third-order valence-corrected chi connectivity index (χ3v) is 3.13. The zero-order valence-electron chi connectivity index (χ0n) is 10.4. The van der Waals surface area contributed by atoms with Gasteiger partial charge < -0.3 is 19.3 Å². The summed E-state index contributed by atoms with van der Waals surface area (Å²) in [4.78, 5) is 22.3. The second-order valence-electron chi connectivity index (χ2n) is 4.26. The molecule has 0 aliphatic carbocycles. The fourth-order valence-corrected chi connectivity index (χ4v) is 1.93. The van der Waals surface area contributed by atoms with Crippen molar-refractivity contribution >= 4 is 11.9 Å². The lowest BCUT2D eigenvalue weighted by atomic mass is 9.83. The molecule has 0 saturated carbocycles. The molecule has 1 aliphatic rings. The Morgan fingerprint density at radius 2 is 1.82 bits per heavy atom. The molecular formula is C11H18O6. The molecular weight excluding hydrogens is 228 g/mol. The highest BCUT2D eigenvalue weighted by molar-refractivity contribution is 5.75. The van der Waals surface area contributed by atoms with Gasteiger partial charge in [0.15, 0.2) is 18.5 Å². The molecule has 0 radical (unpaired) electrons. The smallest absolute Gasteiger partial charge is 0.335 e. The standard InChI is InChI=1S/C11H18O6/c1-5-6(2)9(16-7(3)12)11(14)17-8(5)10(13)15-4/h5-6,8-9,11,14H,1-4H3/t5-,6-,8?,9?,11?/m0/s1. The van der Waals surface area contributed by atoms with Crippen LogP contribution in [0.2, 0.25) is 0 Å². The van der Waals surface area contributed by atoms with Gasteiger partial charge in [-0.05, 0) is 5.92 Å². The molecule has 0 aromatic carbocycles. The van der Waals surface area contributed by atoms with Crippen LogP contribution in [0.25, 0.3) is 0 Å². The second kappa shape index (κ2) is 5.46. The van der Waals surface area contributed by atoms with Gasteiger partial charge >= 0.3 is 11.9 Å². The predicted molar refractivity (Wildman–Crippen MR) is 56.8 cm³/mol. The minimum atomic E-state index is -1.31. The number of rotatable bonds is 2. The molecule has 6 nitrogen and oxygen atoms in total. The summed E-state index contributed by atoms with van der Waals surface area (Å²) in [6, 6.07) is 0. The maximum absolute atomic E-state index is 11.4. The van der Waals surface area contributed by atoms with Gasteiger partial charge in [0.25, 0.3) is 0 Å². The minimum Gasteiger partial charge on any atom is -0.467 e. The van der Waals surface area contributed by atoms with Crippen molar-refractivity contribution in [3.8, 4) is 0 Å². The number of methoxy groups -OCH3 is 1. The topological polar surface area (TPSA) is 82.1 Å². The van der Waals surface area contributed by atoms with E-state index in [1.54, 1.807) is 13.8 Å². The molecule has 1 rings (SSSR count). The summed E-state index contributed by atoms with van der Waals surface area (Å²) in [5, 5.41) is 9.71. The summed E-state index contributed by atoms with van der Waals surface area (Å²) < 4.78 is 14.7. The molecule has 5 atom stereocenters. The lowest BCUT2D eigenvalue weighted by Crippen LogP contribution is -2.53. The van der Waals surface area contributed by atoms with Gasteiger partial charge in [-0.3, -0.25) is 4.79 Å². The van der Waals surface area contributed by atoms with Crippen LogP contribution in [-0.2, 0) is 23.8 Å². The van der Waals surface area contributed by atoms with E-state index in [0.29, 0.717) is 0 Å². The van der Waals surface area contributed by atoms with E-state index in [0.717, 1.165) is 0 Å². The zero-order valence-corrected chi connectivity index (χ0v) is 10.4. The van der Waals surface area contributed by atoms with Crippen molar-refractivity contribution in [2.75, 3.05) is 7.11 Å². The Morgan fingerprint density at radius 1 is 1.24 bits per heavy atom. The molecule has 3 unspecified atom stereocenters. The fourth-order valence-electron chi connectivity index (χ4n) is 1.93. The number of aliphatic hydroxyl groups is 1. The van der Waals surface area contributed by atoms with Gasteiger partial charge in [-0.2, -0.15) is 0 Å². The summed E-state index contributed by atoms with van der Waals surface area (Å²) in [5.74, 6) is -1.44. The van der Waals surface area contributed by atoms with Crippen LogP contribution in [0.5, 0.6) is 0 Å². The van der Waals surface area contributed by atoms with Gasteiger partial charge in [0.1, 0.15) is 0 Å². The van der Waals surface area contributed by atoms with Crippen molar-refractivity contribution in [1.82, 2.24) is 0 Å². The van der Waals surface area contributed by atoms with E-state index in [-0.39, 0.29) is 11.8 Å². The fraction of sp³-hybridized carbons (Fsp3) is 0.818. The summed E-state index contributed by atoms with van der Waals surface area (Å²) in [6.07, 6.45) is -2.91. The first kappa shape index (κ1) is 13.9. The molecule has 0 amide bonds. The molecule has 0 aromatic heterocycles. The molecule has 1 heterocycles. The number of carbonyl (C=O) groups is 2. The van der Waals surface area contributed by atoms with Crippen LogP contribution in [0.1, 0.15) is 20.8 Å². The van der Waals surface area contributed by atoms with Crippen molar-refractivity contribution in [3.05, 3.63) is 0 Å². The first-order valence-electron chi connectivity index (χ1n) is 5.47. The Hall–Kier alpha value is -1.14. The predicted octanol–water partition coefficient (Wildman–Crippen LogP) is 0.0805. The van der Waals surface area contributed by atoms with Crippen molar-refractivity contribution in [2.24, 2.45) is 11.8 Å². The SMILES string of the molecule is COC(=O)C1OC(O)C(OC(C)=O)[C@@H](C)[C@@H]1C. The van der Waals surface area contributed by atoms with Crippen LogP contribution in [0.4, 0.5) is 0 Å². The van der Waals surface area contributed by atoms with Gasteiger partial charge in [-0.1, -0.05) is 13.8 Å². The maximum Gasteiger partial charge on any atom is 0.335 e. The monoisotopic (exact) mass is 246 g/mol.